The number of methoxy groups -OCH3 is 3. The van der Waals surface area contributed by atoms with E-state index in [1.54, 1.807) is 12.1 Å². The summed E-state index contributed by atoms with van der Waals surface area (Å²) < 4.78 is 15.3. The smallest absolute Gasteiger partial charge is 0.358 e. The van der Waals surface area contributed by atoms with Crippen LogP contribution in [0.5, 0.6) is 23.0 Å². The zero-order chi connectivity index (χ0) is 20.7. The molecule has 0 bridgehead atoms. The number of hydrogen-bond donors (Lipinski definition) is 3. The second-order valence-electron chi connectivity index (χ2n) is 5.41. The van der Waals surface area contributed by atoms with Crippen LogP contribution >= 0.6 is 0 Å². The normalized spacial score (nSPS) is 10.4. The van der Waals surface area contributed by atoms with Crippen LogP contribution in [0.4, 0.5) is 5.69 Å². The number of nitrogens with two attached hydrogens (primary N) is 1. The van der Waals surface area contributed by atoms with Gasteiger partial charge < -0.3 is 29.5 Å². The van der Waals surface area contributed by atoms with E-state index >= 15 is 0 Å². The summed E-state index contributed by atoms with van der Waals surface area (Å²) in [6.07, 6.45) is 2.71. The molecule has 0 atom stereocenters. The Hall–Kier alpha value is -3.72. The summed E-state index contributed by atoms with van der Waals surface area (Å²) in [4.78, 5) is 28.4. The van der Waals surface area contributed by atoms with Gasteiger partial charge in [-0.1, -0.05) is 6.07 Å². The van der Waals surface area contributed by atoms with Crippen molar-refractivity contribution >= 4 is 23.6 Å². The van der Waals surface area contributed by atoms with E-state index in [2.05, 4.69) is 10.2 Å². The van der Waals surface area contributed by atoms with Crippen molar-refractivity contribution in [3.8, 4) is 23.0 Å². The third-order valence-corrected chi connectivity index (χ3v) is 3.74. The summed E-state index contributed by atoms with van der Waals surface area (Å²) >= 11 is 0. The largest absolute Gasteiger partial charge is 0.504 e. The second-order valence-corrected chi connectivity index (χ2v) is 5.41. The minimum absolute atomic E-state index is 0.0102. The fourth-order valence-electron chi connectivity index (χ4n) is 2.37. The summed E-state index contributed by atoms with van der Waals surface area (Å²) in [5.41, 5.74) is 0.687. The predicted octanol–water partition coefficient (Wildman–Crippen LogP) is 2.10. The van der Waals surface area contributed by atoms with Crippen LogP contribution < -0.4 is 25.4 Å². The zero-order valence-corrected chi connectivity index (χ0v) is 15.5. The first kappa shape index (κ1) is 20.6. The maximum atomic E-state index is 12.3. The molecule has 2 aromatic rings. The fraction of sp³-hybridized carbons (Fsp3) is 0.158. The SMILES string of the molecule is COc1ccc(/C=C/C(=O)Nc2cc(OC)c(OC)cc2C(=O)ON)cc1O. The van der Waals surface area contributed by atoms with Gasteiger partial charge in [0.05, 0.1) is 32.6 Å². The van der Waals surface area contributed by atoms with Crippen molar-refractivity contribution < 1.29 is 33.7 Å². The van der Waals surface area contributed by atoms with E-state index in [1.165, 1.54) is 51.7 Å². The van der Waals surface area contributed by atoms with Crippen molar-refractivity contribution in [3.05, 3.63) is 47.5 Å². The summed E-state index contributed by atoms with van der Waals surface area (Å²) in [5, 5.41) is 12.3. The Kier molecular flexibility index (Phi) is 6.83. The van der Waals surface area contributed by atoms with Gasteiger partial charge in [0.2, 0.25) is 5.91 Å². The van der Waals surface area contributed by atoms with Crippen LogP contribution in [0.25, 0.3) is 6.08 Å². The first-order chi connectivity index (χ1) is 13.4. The van der Waals surface area contributed by atoms with Crippen molar-refractivity contribution in [3.63, 3.8) is 0 Å². The Morgan fingerprint density at radius 3 is 2.21 bits per heavy atom. The van der Waals surface area contributed by atoms with Crippen LogP contribution in [-0.2, 0) is 9.63 Å². The minimum atomic E-state index is -0.861. The van der Waals surface area contributed by atoms with Gasteiger partial charge in [0.25, 0.3) is 0 Å². The zero-order valence-electron chi connectivity index (χ0n) is 15.5. The van der Waals surface area contributed by atoms with E-state index in [4.69, 9.17) is 20.1 Å². The molecular weight excluding hydrogens is 368 g/mol. The van der Waals surface area contributed by atoms with Crippen LogP contribution in [0, 0.1) is 0 Å². The molecule has 0 radical (unpaired) electrons. The molecule has 28 heavy (non-hydrogen) atoms. The Morgan fingerprint density at radius 2 is 1.64 bits per heavy atom. The van der Waals surface area contributed by atoms with Gasteiger partial charge >= 0.3 is 5.97 Å². The second kappa shape index (κ2) is 9.28. The number of phenolic OH excluding ortho intramolecular Hbond substituents is 1. The van der Waals surface area contributed by atoms with Crippen molar-refractivity contribution in [2.75, 3.05) is 26.6 Å². The van der Waals surface area contributed by atoms with Gasteiger partial charge in [-0.25, -0.2) is 4.79 Å². The maximum absolute atomic E-state index is 12.3. The predicted molar refractivity (Wildman–Crippen MR) is 101 cm³/mol. The molecule has 1 amide bonds. The lowest BCUT2D eigenvalue weighted by Crippen LogP contribution is -2.16. The van der Waals surface area contributed by atoms with Crippen molar-refractivity contribution in [1.82, 2.24) is 0 Å². The molecule has 0 aromatic heterocycles. The molecule has 2 aromatic carbocycles. The number of aromatic hydroxyl groups is 1. The molecule has 0 saturated heterocycles. The van der Waals surface area contributed by atoms with E-state index in [0.717, 1.165) is 0 Å². The van der Waals surface area contributed by atoms with Gasteiger partial charge in [-0.2, -0.15) is 5.90 Å². The number of ether oxygens (including phenoxy) is 3. The lowest BCUT2D eigenvalue weighted by molar-refractivity contribution is -0.111. The highest BCUT2D eigenvalue weighted by molar-refractivity contribution is 6.07. The molecule has 4 N–H and O–H groups in total. The number of hydrogen-bond acceptors (Lipinski definition) is 8. The quantitative estimate of drug-likeness (QED) is 0.486. The van der Waals surface area contributed by atoms with Crippen molar-refractivity contribution in [2.45, 2.75) is 0 Å². The molecule has 0 aliphatic rings. The average Bonchev–Trinajstić information content (AvgIpc) is 2.71. The molecule has 0 spiro atoms. The molecule has 0 saturated carbocycles. The summed E-state index contributed by atoms with van der Waals surface area (Å²) in [5.74, 6) is 4.39. The average molecular weight is 388 g/mol. The minimum Gasteiger partial charge on any atom is -0.504 e. The summed E-state index contributed by atoms with van der Waals surface area (Å²) in [7, 11) is 4.26. The van der Waals surface area contributed by atoms with E-state index < -0.39 is 11.9 Å². The Labute approximate surface area is 161 Å². The van der Waals surface area contributed by atoms with Gasteiger partial charge in [-0.3, -0.25) is 4.79 Å². The standard InChI is InChI=1S/C19H20N2O7/c1-25-15-6-4-11(8-14(15)22)5-7-18(23)21-13-10-17(27-3)16(26-2)9-12(13)19(24)28-20/h4-10,22H,20H2,1-3H3,(H,21,23)/b7-5+. The third-order valence-electron chi connectivity index (χ3n) is 3.74. The number of carbonyl (C=O) groups excluding carboxylic acids is 2. The lowest BCUT2D eigenvalue weighted by atomic mass is 10.1. The molecule has 0 fully saturated rings. The van der Waals surface area contributed by atoms with Crippen molar-refractivity contribution in [2.24, 2.45) is 5.90 Å². The van der Waals surface area contributed by atoms with Gasteiger partial charge in [0, 0.05) is 18.2 Å². The highest BCUT2D eigenvalue weighted by Gasteiger charge is 2.19. The lowest BCUT2D eigenvalue weighted by Gasteiger charge is -2.13. The molecule has 9 heteroatoms. The number of anilines is 1. The van der Waals surface area contributed by atoms with Gasteiger partial charge in [0.1, 0.15) is 0 Å². The van der Waals surface area contributed by atoms with Crippen LogP contribution in [0.2, 0.25) is 0 Å². The highest BCUT2D eigenvalue weighted by Crippen LogP contribution is 2.33. The Bertz CT molecular complexity index is 909. The Morgan fingerprint density at radius 1 is 1.00 bits per heavy atom. The molecular formula is C19H20N2O7. The summed E-state index contributed by atoms with van der Waals surface area (Å²) in [6, 6.07) is 7.42. The number of nitrogens with one attached hydrogen (secondary N) is 1. The summed E-state index contributed by atoms with van der Waals surface area (Å²) in [6.45, 7) is 0. The van der Waals surface area contributed by atoms with Crippen LogP contribution in [0.3, 0.4) is 0 Å². The van der Waals surface area contributed by atoms with Crippen LogP contribution in [0.15, 0.2) is 36.4 Å². The van der Waals surface area contributed by atoms with E-state index in [0.29, 0.717) is 17.1 Å². The molecule has 0 aliphatic carbocycles. The number of benzene rings is 2. The van der Waals surface area contributed by atoms with E-state index in [-0.39, 0.29) is 22.7 Å². The first-order valence-electron chi connectivity index (χ1n) is 7.96. The topological polar surface area (TPSA) is 129 Å². The molecule has 0 heterocycles. The molecule has 148 valence electrons. The van der Waals surface area contributed by atoms with Gasteiger partial charge in [0.15, 0.2) is 23.0 Å². The Balaban J connectivity index is 2.27. The third kappa shape index (κ3) is 4.71. The molecule has 9 nitrogen and oxygen atoms in total. The number of phenols is 1. The highest BCUT2D eigenvalue weighted by atomic mass is 16.7. The fourth-order valence-corrected chi connectivity index (χ4v) is 2.37. The maximum Gasteiger partial charge on any atom is 0.358 e. The van der Waals surface area contributed by atoms with Crippen LogP contribution in [0.1, 0.15) is 15.9 Å². The van der Waals surface area contributed by atoms with Gasteiger partial charge in [-0.15, -0.1) is 0 Å². The van der Waals surface area contributed by atoms with Crippen LogP contribution in [-0.4, -0.2) is 38.3 Å². The van der Waals surface area contributed by atoms with Crippen molar-refractivity contribution in [1.29, 1.82) is 0 Å². The van der Waals surface area contributed by atoms with Gasteiger partial charge in [-0.05, 0) is 23.8 Å². The molecule has 2 rings (SSSR count). The first-order valence-corrected chi connectivity index (χ1v) is 7.96. The van der Waals surface area contributed by atoms with E-state index in [1.807, 2.05) is 0 Å². The number of rotatable bonds is 7. The monoisotopic (exact) mass is 388 g/mol. The number of carbonyl (C=O) groups is 2. The number of amides is 1. The molecule has 0 aliphatic heterocycles. The molecule has 0 unspecified atom stereocenters. The van der Waals surface area contributed by atoms with E-state index in [9.17, 15) is 14.7 Å².